The summed E-state index contributed by atoms with van der Waals surface area (Å²) in [4.78, 5) is 15.3. The van der Waals surface area contributed by atoms with E-state index in [4.69, 9.17) is 9.47 Å². The Balaban J connectivity index is 1.80. The van der Waals surface area contributed by atoms with Crippen LogP contribution in [0.2, 0.25) is 0 Å². The highest BCUT2D eigenvalue weighted by atomic mass is 16.7. The summed E-state index contributed by atoms with van der Waals surface area (Å²) in [5.41, 5.74) is 0. The standard InChI is InChI=1S/C23H39NO4/c1-2-27-23-19(13-10-16-25)20(18-11-6-7-12-18)17-21(28-23)22(26)24-14-8-4-3-5-9-15-24/h17-20,23,25H,2-16H2,1H3/t19-,20-,23-/m1/s1. The van der Waals surface area contributed by atoms with Crippen molar-refractivity contribution < 1.29 is 19.4 Å². The Hall–Kier alpha value is -1.07. The highest BCUT2D eigenvalue weighted by Gasteiger charge is 2.41. The zero-order chi connectivity index (χ0) is 19.8. The molecule has 0 bridgehead atoms. The lowest BCUT2D eigenvalue weighted by Gasteiger charge is -2.40. The first kappa shape index (κ1) is 21.6. The van der Waals surface area contributed by atoms with Crippen LogP contribution >= 0.6 is 0 Å². The number of rotatable bonds is 7. The molecule has 0 aromatic heterocycles. The van der Waals surface area contributed by atoms with Crippen LogP contribution in [0.15, 0.2) is 11.8 Å². The second-order valence-electron chi connectivity index (χ2n) is 8.68. The van der Waals surface area contributed by atoms with E-state index in [-0.39, 0.29) is 24.7 Å². The molecule has 3 aliphatic rings. The highest BCUT2D eigenvalue weighted by Crippen LogP contribution is 2.43. The number of aliphatic hydroxyl groups excluding tert-OH is 1. The van der Waals surface area contributed by atoms with E-state index in [1.165, 1.54) is 44.9 Å². The fraction of sp³-hybridized carbons (Fsp3) is 0.870. The number of allylic oxidation sites excluding steroid dienone is 1. The summed E-state index contributed by atoms with van der Waals surface area (Å²) in [6.07, 6.45) is 14.3. The van der Waals surface area contributed by atoms with Gasteiger partial charge in [0.05, 0.1) is 0 Å². The predicted octanol–water partition coefficient (Wildman–Crippen LogP) is 4.25. The maximum atomic E-state index is 13.3. The fourth-order valence-corrected chi connectivity index (χ4v) is 5.27. The Kier molecular flexibility index (Phi) is 8.66. The van der Waals surface area contributed by atoms with Gasteiger partial charge in [-0.1, -0.05) is 32.1 Å². The first-order valence-corrected chi connectivity index (χ1v) is 11.6. The third-order valence-electron chi connectivity index (χ3n) is 6.76. The van der Waals surface area contributed by atoms with Crippen molar-refractivity contribution in [1.82, 2.24) is 4.90 Å². The third-order valence-corrected chi connectivity index (χ3v) is 6.76. The van der Waals surface area contributed by atoms with Gasteiger partial charge in [-0.3, -0.25) is 4.79 Å². The maximum absolute atomic E-state index is 13.3. The average molecular weight is 394 g/mol. The Morgan fingerprint density at radius 1 is 1.14 bits per heavy atom. The van der Waals surface area contributed by atoms with Crippen LogP contribution in [-0.2, 0) is 14.3 Å². The van der Waals surface area contributed by atoms with Crippen molar-refractivity contribution in [3.8, 4) is 0 Å². The van der Waals surface area contributed by atoms with E-state index >= 15 is 0 Å². The quantitative estimate of drug-likeness (QED) is 0.702. The molecule has 160 valence electrons. The van der Waals surface area contributed by atoms with Gasteiger partial charge >= 0.3 is 0 Å². The summed E-state index contributed by atoms with van der Waals surface area (Å²) >= 11 is 0. The summed E-state index contributed by atoms with van der Waals surface area (Å²) in [5.74, 6) is 1.70. The topological polar surface area (TPSA) is 59.0 Å². The van der Waals surface area contributed by atoms with Crippen molar-refractivity contribution >= 4 is 5.91 Å². The molecule has 0 spiro atoms. The summed E-state index contributed by atoms with van der Waals surface area (Å²) < 4.78 is 12.2. The molecular weight excluding hydrogens is 354 g/mol. The molecule has 1 saturated heterocycles. The van der Waals surface area contributed by atoms with Crippen LogP contribution in [0.25, 0.3) is 0 Å². The first-order valence-electron chi connectivity index (χ1n) is 11.6. The first-order chi connectivity index (χ1) is 13.7. The van der Waals surface area contributed by atoms with Crippen molar-refractivity contribution in [2.75, 3.05) is 26.3 Å². The Bertz CT molecular complexity index is 507. The lowest BCUT2D eigenvalue weighted by atomic mass is 9.76. The number of amides is 1. The lowest BCUT2D eigenvalue weighted by molar-refractivity contribution is -0.179. The number of likely N-dealkylation sites (tertiary alicyclic amines) is 1. The molecule has 3 rings (SSSR count). The number of nitrogens with zero attached hydrogens (tertiary/aromatic N) is 1. The Labute approximate surface area is 170 Å². The number of hydrogen-bond acceptors (Lipinski definition) is 4. The predicted molar refractivity (Wildman–Crippen MR) is 110 cm³/mol. The van der Waals surface area contributed by atoms with E-state index in [0.29, 0.717) is 24.2 Å². The summed E-state index contributed by atoms with van der Waals surface area (Å²) in [6, 6.07) is 0. The van der Waals surface area contributed by atoms with Crippen LogP contribution in [-0.4, -0.2) is 48.5 Å². The minimum absolute atomic E-state index is 0.0511. The van der Waals surface area contributed by atoms with E-state index in [9.17, 15) is 9.90 Å². The second-order valence-corrected chi connectivity index (χ2v) is 8.68. The number of carbonyl (C=O) groups excluding carboxylic acids is 1. The van der Waals surface area contributed by atoms with E-state index in [0.717, 1.165) is 38.8 Å². The zero-order valence-corrected chi connectivity index (χ0v) is 17.6. The number of hydrogen-bond donors (Lipinski definition) is 1. The fourth-order valence-electron chi connectivity index (χ4n) is 5.27. The summed E-state index contributed by atoms with van der Waals surface area (Å²) in [6.45, 7) is 4.41. The Morgan fingerprint density at radius 3 is 2.46 bits per heavy atom. The van der Waals surface area contributed by atoms with Gasteiger partial charge in [-0.25, -0.2) is 0 Å². The minimum Gasteiger partial charge on any atom is -0.459 e. The number of carbonyl (C=O) groups is 1. The average Bonchev–Trinajstić information content (AvgIpc) is 3.20. The van der Waals surface area contributed by atoms with Crippen molar-refractivity contribution in [2.45, 2.75) is 83.8 Å². The molecule has 28 heavy (non-hydrogen) atoms. The molecule has 2 aliphatic heterocycles. The molecule has 1 N–H and O–H groups in total. The van der Waals surface area contributed by atoms with Crippen molar-refractivity contribution in [2.24, 2.45) is 17.8 Å². The smallest absolute Gasteiger partial charge is 0.288 e. The van der Waals surface area contributed by atoms with E-state index in [1.807, 2.05) is 11.8 Å². The van der Waals surface area contributed by atoms with Crippen LogP contribution < -0.4 is 0 Å². The van der Waals surface area contributed by atoms with E-state index in [1.54, 1.807) is 0 Å². The van der Waals surface area contributed by atoms with Crippen LogP contribution in [0.3, 0.4) is 0 Å². The van der Waals surface area contributed by atoms with Gasteiger partial charge in [0.15, 0.2) is 5.76 Å². The van der Waals surface area contributed by atoms with Crippen LogP contribution in [0.5, 0.6) is 0 Å². The molecule has 5 nitrogen and oxygen atoms in total. The Morgan fingerprint density at radius 2 is 1.82 bits per heavy atom. The van der Waals surface area contributed by atoms with Gasteiger partial charge in [-0.2, -0.15) is 0 Å². The lowest BCUT2D eigenvalue weighted by Crippen LogP contribution is -2.43. The SMILES string of the molecule is CCO[C@@H]1OC(C(=O)N2CCCCCCC2)=C[C@H](C2CCCC2)[C@H]1CCCO. The molecule has 2 heterocycles. The molecule has 0 aromatic carbocycles. The number of aliphatic hydroxyl groups is 1. The van der Waals surface area contributed by atoms with Crippen LogP contribution in [0.4, 0.5) is 0 Å². The van der Waals surface area contributed by atoms with Gasteiger partial charge in [0, 0.05) is 32.2 Å². The molecule has 2 fully saturated rings. The second kappa shape index (κ2) is 11.2. The van der Waals surface area contributed by atoms with Gasteiger partial charge in [-0.15, -0.1) is 0 Å². The molecule has 0 aromatic rings. The summed E-state index contributed by atoms with van der Waals surface area (Å²) in [7, 11) is 0. The van der Waals surface area contributed by atoms with Crippen molar-refractivity contribution in [3.05, 3.63) is 11.8 Å². The van der Waals surface area contributed by atoms with Gasteiger partial charge in [0.2, 0.25) is 6.29 Å². The molecule has 1 saturated carbocycles. The zero-order valence-electron chi connectivity index (χ0n) is 17.6. The van der Waals surface area contributed by atoms with Gasteiger partial charge in [-0.05, 0) is 63.4 Å². The monoisotopic (exact) mass is 393 g/mol. The van der Waals surface area contributed by atoms with Crippen molar-refractivity contribution in [3.63, 3.8) is 0 Å². The van der Waals surface area contributed by atoms with Crippen LogP contribution in [0.1, 0.15) is 77.6 Å². The molecule has 0 radical (unpaired) electrons. The molecule has 0 unspecified atom stereocenters. The maximum Gasteiger partial charge on any atom is 0.288 e. The normalized spacial score (nSPS) is 29.7. The highest BCUT2D eigenvalue weighted by molar-refractivity contribution is 5.91. The van der Waals surface area contributed by atoms with Crippen molar-refractivity contribution in [1.29, 1.82) is 0 Å². The van der Waals surface area contributed by atoms with Crippen LogP contribution in [0, 0.1) is 17.8 Å². The van der Waals surface area contributed by atoms with Gasteiger partial charge in [0.25, 0.3) is 5.91 Å². The molecule has 1 amide bonds. The van der Waals surface area contributed by atoms with Gasteiger partial charge < -0.3 is 19.5 Å². The van der Waals surface area contributed by atoms with E-state index < -0.39 is 0 Å². The molecule has 5 heteroatoms. The molecular formula is C23H39NO4. The van der Waals surface area contributed by atoms with E-state index in [2.05, 4.69) is 6.08 Å². The van der Waals surface area contributed by atoms with Gasteiger partial charge in [0.1, 0.15) is 0 Å². The minimum atomic E-state index is -0.374. The molecule has 1 aliphatic carbocycles. The summed E-state index contributed by atoms with van der Waals surface area (Å²) in [5, 5.41) is 9.37. The third kappa shape index (κ3) is 5.50. The number of ether oxygens (including phenoxy) is 2. The molecule has 3 atom stereocenters. The largest absolute Gasteiger partial charge is 0.459 e.